The van der Waals surface area contributed by atoms with E-state index >= 15 is 0 Å². The lowest BCUT2D eigenvalue weighted by Gasteiger charge is -2.36. The topological polar surface area (TPSA) is 46.3 Å². The average molecular weight is 311 g/mol. The van der Waals surface area contributed by atoms with Crippen molar-refractivity contribution in [2.75, 3.05) is 6.54 Å². The van der Waals surface area contributed by atoms with Crippen molar-refractivity contribution in [1.29, 1.82) is 0 Å². The van der Waals surface area contributed by atoms with Gasteiger partial charge in [-0.15, -0.1) is 12.4 Å². The molecule has 1 atom stereocenters. The third-order valence-electron chi connectivity index (χ3n) is 4.27. The number of nitrogens with two attached hydrogens (primary N) is 1. The Balaban J connectivity index is 0.00000220. The van der Waals surface area contributed by atoms with Crippen LogP contribution in [0.5, 0.6) is 0 Å². The zero-order valence-electron chi connectivity index (χ0n) is 12.8. The van der Waals surface area contributed by atoms with E-state index in [1.807, 2.05) is 25.1 Å². The minimum absolute atomic E-state index is 0. The molecule has 1 amide bonds. The first kappa shape index (κ1) is 18.0. The van der Waals surface area contributed by atoms with Crippen molar-refractivity contribution in [1.82, 2.24) is 4.90 Å². The fourth-order valence-corrected chi connectivity index (χ4v) is 2.94. The number of hydrogen-bond acceptors (Lipinski definition) is 2. The standard InChI is InChI=1S/C17H26N2O.ClH/c1-14(12-18)17(20)19(16-10-6-3-7-11-16)13-15-8-4-2-5-9-15;/h2,4-5,8-9,14,16H,3,6-7,10-13,18H2,1H3;1H. The highest BCUT2D eigenvalue weighted by molar-refractivity contribution is 5.85. The molecule has 4 heteroatoms. The van der Waals surface area contributed by atoms with E-state index < -0.39 is 0 Å². The van der Waals surface area contributed by atoms with Crippen LogP contribution in [-0.4, -0.2) is 23.4 Å². The normalized spacial score (nSPS) is 16.9. The van der Waals surface area contributed by atoms with Gasteiger partial charge in [0.05, 0.1) is 0 Å². The van der Waals surface area contributed by atoms with Gasteiger partial charge in [0.1, 0.15) is 0 Å². The van der Waals surface area contributed by atoms with E-state index in [1.165, 1.54) is 24.8 Å². The van der Waals surface area contributed by atoms with Crippen LogP contribution in [0.15, 0.2) is 30.3 Å². The van der Waals surface area contributed by atoms with Gasteiger partial charge in [0.25, 0.3) is 0 Å². The smallest absolute Gasteiger partial charge is 0.227 e. The third-order valence-corrected chi connectivity index (χ3v) is 4.27. The number of amides is 1. The molecule has 0 aromatic heterocycles. The second-order valence-corrected chi connectivity index (χ2v) is 5.88. The number of carbonyl (C=O) groups excluding carboxylic acids is 1. The lowest BCUT2D eigenvalue weighted by molar-refractivity contribution is -0.138. The highest BCUT2D eigenvalue weighted by Gasteiger charge is 2.27. The highest BCUT2D eigenvalue weighted by Crippen LogP contribution is 2.25. The van der Waals surface area contributed by atoms with Crippen LogP contribution >= 0.6 is 12.4 Å². The fraction of sp³-hybridized carbons (Fsp3) is 0.588. The van der Waals surface area contributed by atoms with Gasteiger partial charge in [-0.2, -0.15) is 0 Å². The number of benzene rings is 1. The Bertz CT molecular complexity index is 418. The summed E-state index contributed by atoms with van der Waals surface area (Å²) in [5, 5.41) is 0. The number of carbonyl (C=O) groups is 1. The molecule has 0 aliphatic heterocycles. The van der Waals surface area contributed by atoms with Crippen LogP contribution in [0.2, 0.25) is 0 Å². The molecule has 1 aromatic rings. The molecular formula is C17H27ClN2O. The Labute approximate surface area is 134 Å². The fourth-order valence-electron chi connectivity index (χ4n) is 2.94. The van der Waals surface area contributed by atoms with Gasteiger partial charge in [0.2, 0.25) is 5.91 Å². The van der Waals surface area contributed by atoms with Crippen molar-refractivity contribution in [2.24, 2.45) is 11.7 Å². The summed E-state index contributed by atoms with van der Waals surface area (Å²) < 4.78 is 0. The van der Waals surface area contributed by atoms with Crippen LogP contribution in [0, 0.1) is 5.92 Å². The summed E-state index contributed by atoms with van der Waals surface area (Å²) in [5.74, 6) is 0.129. The summed E-state index contributed by atoms with van der Waals surface area (Å²) in [7, 11) is 0. The van der Waals surface area contributed by atoms with Gasteiger partial charge in [-0.25, -0.2) is 0 Å². The number of halogens is 1. The van der Waals surface area contributed by atoms with Gasteiger partial charge < -0.3 is 10.6 Å². The van der Waals surface area contributed by atoms with Crippen molar-refractivity contribution in [3.8, 4) is 0 Å². The molecule has 1 aliphatic carbocycles. The Morgan fingerprint density at radius 3 is 2.43 bits per heavy atom. The Morgan fingerprint density at radius 2 is 1.86 bits per heavy atom. The molecule has 1 unspecified atom stereocenters. The SMILES string of the molecule is CC(CN)C(=O)N(Cc1ccccc1)C1CCCCC1.Cl. The van der Waals surface area contributed by atoms with Crippen LogP contribution in [-0.2, 0) is 11.3 Å². The molecule has 1 aromatic carbocycles. The van der Waals surface area contributed by atoms with Crippen molar-refractivity contribution in [3.05, 3.63) is 35.9 Å². The summed E-state index contributed by atoms with van der Waals surface area (Å²) in [5.41, 5.74) is 6.89. The maximum absolute atomic E-state index is 12.6. The van der Waals surface area contributed by atoms with E-state index in [1.54, 1.807) is 0 Å². The van der Waals surface area contributed by atoms with Gasteiger partial charge in [-0.3, -0.25) is 4.79 Å². The first-order chi connectivity index (χ1) is 9.72. The first-order valence-corrected chi connectivity index (χ1v) is 7.77. The minimum Gasteiger partial charge on any atom is -0.335 e. The minimum atomic E-state index is -0.0827. The van der Waals surface area contributed by atoms with Gasteiger partial charge >= 0.3 is 0 Å². The van der Waals surface area contributed by atoms with E-state index in [-0.39, 0.29) is 24.2 Å². The number of nitrogens with zero attached hydrogens (tertiary/aromatic N) is 1. The largest absolute Gasteiger partial charge is 0.335 e. The molecular weight excluding hydrogens is 284 g/mol. The summed E-state index contributed by atoms with van der Waals surface area (Å²) in [4.78, 5) is 14.7. The van der Waals surface area contributed by atoms with Gasteiger partial charge in [-0.05, 0) is 18.4 Å². The molecule has 3 nitrogen and oxygen atoms in total. The summed E-state index contributed by atoms with van der Waals surface area (Å²) >= 11 is 0. The molecule has 0 spiro atoms. The van der Waals surface area contributed by atoms with E-state index in [0.29, 0.717) is 19.1 Å². The van der Waals surface area contributed by atoms with E-state index in [0.717, 1.165) is 12.8 Å². The maximum atomic E-state index is 12.6. The first-order valence-electron chi connectivity index (χ1n) is 7.77. The zero-order valence-corrected chi connectivity index (χ0v) is 13.6. The molecule has 1 saturated carbocycles. The average Bonchev–Trinajstić information content (AvgIpc) is 2.53. The number of hydrogen-bond donors (Lipinski definition) is 1. The summed E-state index contributed by atoms with van der Waals surface area (Å²) in [6, 6.07) is 10.7. The molecule has 0 saturated heterocycles. The van der Waals surface area contributed by atoms with Gasteiger partial charge in [-0.1, -0.05) is 56.5 Å². The highest BCUT2D eigenvalue weighted by atomic mass is 35.5. The summed E-state index contributed by atoms with van der Waals surface area (Å²) in [6.45, 7) is 3.08. The molecule has 1 aliphatic rings. The number of rotatable bonds is 5. The molecule has 0 heterocycles. The van der Waals surface area contributed by atoms with Crippen molar-refractivity contribution in [2.45, 2.75) is 51.6 Å². The lowest BCUT2D eigenvalue weighted by Crippen LogP contribution is -2.44. The molecule has 118 valence electrons. The van der Waals surface area contributed by atoms with Crippen LogP contribution < -0.4 is 5.73 Å². The van der Waals surface area contributed by atoms with Crippen molar-refractivity contribution >= 4 is 18.3 Å². The Morgan fingerprint density at radius 1 is 1.24 bits per heavy atom. The molecule has 1 fully saturated rings. The third kappa shape index (κ3) is 5.01. The molecule has 2 rings (SSSR count). The van der Waals surface area contributed by atoms with Crippen LogP contribution in [0.25, 0.3) is 0 Å². The second kappa shape index (κ2) is 9.06. The maximum Gasteiger partial charge on any atom is 0.227 e. The van der Waals surface area contributed by atoms with Gasteiger partial charge in [0, 0.05) is 25.0 Å². The van der Waals surface area contributed by atoms with Crippen LogP contribution in [0.4, 0.5) is 0 Å². The Kier molecular flexibility index (Phi) is 7.76. The van der Waals surface area contributed by atoms with Gasteiger partial charge in [0.15, 0.2) is 0 Å². The molecule has 0 bridgehead atoms. The van der Waals surface area contributed by atoms with Crippen LogP contribution in [0.3, 0.4) is 0 Å². The predicted molar refractivity (Wildman–Crippen MR) is 89.3 cm³/mol. The lowest BCUT2D eigenvalue weighted by atomic mass is 9.93. The molecule has 21 heavy (non-hydrogen) atoms. The van der Waals surface area contributed by atoms with Crippen LogP contribution in [0.1, 0.15) is 44.6 Å². The van der Waals surface area contributed by atoms with E-state index in [4.69, 9.17) is 5.73 Å². The zero-order chi connectivity index (χ0) is 14.4. The quantitative estimate of drug-likeness (QED) is 0.906. The van der Waals surface area contributed by atoms with Crippen molar-refractivity contribution in [3.63, 3.8) is 0 Å². The predicted octanol–water partition coefficient (Wildman–Crippen LogP) is 3.36. The summed E-state index contributed by atoms with van der Waals surface area (Å²) in [6.07, 6.45) is 6.04. The van der Waals surface area contributed by atoms with Crippen molar-refractivity contribution < 1.29 is 4.79 Å². The monoisotopic (exact) mass is 310 g/mol. The van der Waals surface area contributed by atoms with E-state index in [9.17, 15) is 4.79 Å². The van der Waals surface area contributed by atoms with E-state index in [2.05, 4.69) is 17.0 Å². The second-order valence-electron chi connectivity index (χ2n) is 5.88. The molecule has 0 radical (unpaired) electrons. The Hall–Kier alpha value is -1.06. The molecule has 2 N–H and O–H groups in total.